The number of hydrogen-bond donors (Lipinski definition) is 2. The van der Waals surface area contributed by atoms with Crippen molar-refractivity contribution in [2.75, 3.05) is 5.32 Å². The number of nitrogens with one attached hydrogen (secondary N) is 2. The number of carbonyl (C=O) groups excluding carboxylic acids is 2. The molecule has 1 aromatic rings. The predicted molar refractivity (Wildman–Crippen MR) is 86.6 cm³/mol. The smallest absolute Gasteiger partial charge is 0.374 e. The van der Waals surface area contributed by atoms with Crippen LogP contribution in [0.5, 0.6) is 0 Å². The van der Waals surface area contributed by atoms with Crippen molar-refractivity contribution >= 4 is 17.5 Å². The standard InChI is InChI=1S/C18H19F3N2O3/c19-18(20,21)10-5-9(16(24)22-11-1-2-11)6-12(7-10)23-17(25)14-8-13-3-4-15(14)26-13/h5-7,11,13-15H,1-4,8H2,(H,22,24)(H,23,25)/t13-,14+,15+/m0/s1. The van der Waals surface area contributed by atoms with Crippen molar-refractivity contribution in [2.45, 2.75) is 56.5 Å². The third-order valence-corrected chi connectivity index (χ3v) is 5.15. The topological polar surface area (TPSA) is 67.4 Å². The number of alkyl halides is 3. The average molecular weight is 368 g/mol. The summed E-state index contributed by atoms with van der Waals surface area (Å²) in [6.07, 6.45) is -0.739. The summed E-state index contributed by atoms with van der Waals surface area (Å²) in [5, 5.41) is 5.21. The van der Waals surface area contributed by atoms with E-state index in [1.54, 1.807) is 0 Å². The van der Waals surface area contributed by atoms with Crippen LogP contribution in [0.4, 0.5) is 18.9 Å². The quantitative estimate of drug-likeness (QED) is 0.858. The molecule has 0 aromatic heterocycles. The highest BCUT2D eigenvalue weighted by Gasteiger charge is 2.44. The van der Waals surface area contributed by atoms with Gasteiger partial charge in [-0.2, -0.15) is 13.2 Å². The molecular weight excluding hydrogens is 349 g/mol. The average Bonchev–Trinajstić information content (AvgIpc) is 3.14. The number of carbonyl (C=O) groups is 2. The van der Waals surface area contributed by atoms with E-state index in [4.69, 9.17) is 4.74 Å². The van der Waals surface area contributed by atoms with Crippen molar-refractivity contribution in [1.82, 2.24) is 5.32 Å². The van der Waals surface area contributed by atoms with Crippen molar-refractivity contribution in [2.24, 2.45) is 5.92 Å². The van der Waals surface area contributed by atoms with Crippen LogP contribution in [0.15, 0.2) is 18.2 Å². The molecule has 2 saturated heterocycles. The highest BCUT2D eigenvalue weighted by molar-refractivity contribution is 5.98. The van der Waals surface area contributed by atoms with E-state index >= 15 is 0 Å². The van der Waals surface area contributed by atoms with Gasteiger partial charge in [-0.15, -0.1) is 0 Å². The van der Waals surface area contributed by atoms with Gasteiger partial charge < -0.3 is 15.4 Å². The molecule has 8 heteroatoms. The lowest BCUT2D eigenvalue weighted by Gasteiger charge is -2.19. The maximum absolute atomic E-state index is 13.2. The predicted octanol–water partition coefficient (Wildman–Crippen LogP) is 3.10. The maximum Gasteiger partial charge on any atom is 0.416 e. The fourth-order valence-electron chi connectivity index (χ4n) is 3.64. The minimum atomic E-state index is -4.61. The summed E-state index contributed by atoms with van der Waals surface area (Å²) < 4.78 is 45.2. The van der Waals surface area contributed by atoms with Crippen LogP contribution in [0.2, 0.25) is 0 Å². The van der Waals surface area contributed by atoms with Crippen LogP contribution < -0.4 is 10.6 Å². The van der Waals surface area contributed by atoms with Crippen molar-refractivity contribution < 1.29 is 27.5 Å². The lowest BCUT2D eigenvalue weighted by molar-refractivity contribution is -0.137. The van der Waals surface area contributed by atoms with Gasteiger partial charge in [-0.05, 0) is 50.3 Å². The Balaban J connectivity index is 1.55. The molecule has 2 N–H and O–H groups in total. The molecule has 2 bridgehead atoms. The molecule has 2 heterocycles. The van der Waals surface area contributed by atoms with E-state index in [0.717, 1.165) is 37.8 Å². The molecule has 0 spiro atoms. The number of ether oxygens (including phenoxy) is 1. The van der Waals surface area contributed by atoms with E-state index in [1.807, 2.05) is 0 Å². The summed E-state index contributed by atoms with van der Waals surface area (Å²) in [6.45, 7) is 0. The van der Waals surface area contributed by atoms with Crippen molar-refractivity contribution in [3.8, 4) is 0 Å². The summed E-state index contributed by atoms with van der Waals surface area (Å²) in [5.41, 5.74) is -1.08. The molecule has 0 unspecified atom stereocenters. The molecule has 1 aliphatic carbocycles. The number of hydrogen-bond acceptors (Lipinski definition) is 3. The number of rotatable bonds is 4. The largest absolute Gasteiger partial charge is 0.416 e. The summed E-state index contributed by atoms with van der Waals surface area (Å²) >= 11 is 0. The monoisotopic (exact) mass is 368 g/mol. The zero-order chi connectivity index (χ0) is 18.5. The van der Waals surface area contributed by atoms with Crippen molar-refractivity contribution in [3.63, 3.8) is 0 Å². The Morgan fingerprint density at radius 1 is 1.08 bits per heavy atom. The van der Waals surface area contributed by atoms with Gasteiger partial charge in [0.15, 0.2) is 0 Å². The van der Waals surface area contributed by atoms with Crippen LogP contribution in [-0.4, -0.2) is 30.1 Å². The minimum Gasteiger partial charge on any atom is -0.374 e. The van der Waals surface area contributed by atoms with Crippen LogP contribution in [0.25, 0.3) is 0 Å². The summed E-state index contributed by atoms with van der Waals surface area (Å²) in [6, 6.07) is 2.99. The first kappa shape index (κ1) is 17.3. The molecular formula is C18H19F3N2O3. The first-order valence-electron chi connectivity index (χ1n) is 8.79. The Bertz CT molecular complexity index is 746. The van der Waals surface area contributed by atoms with Gasteiger partial charge in [-0.25, -0.2) is 0 Å². The molecule has 2 amide bonds. The van der Waals surface area contributed by atoms with Crippen LogP contribution in [0.3, 0.4) is 0 Å². The van der Waals surface area contributed by atoms with Crippen LogP contribution >= 0.6 is 0 Å². The number of fused-ring (bicyclic) bond motifs is 2. The van der Waals surface area contributed by atoms with Gasteiger partial charge in [0.1, 0.15) is 0 Å². The van der Waals surface area contributed by atoms with E-state index in [2.05, 4.69) is 10.6 Å². The summed E-state index contributed by atoms with van der Waals surface area (Å²) in [5.74, 6) is -1.27. The van der Waals surface area contributed by atoms with Gasteiger partial charge in [-0.1, -0.05) is 0 Å². The zero-order valence-corrected chi connectivity index (χ0v) is 13.9. The second-order valence-corrected chi connectivity index (χ2v) is 7.25. The summed E-state index contributed by atoms with van der Waals surface area (Å²) in [7, 11) is 0. The van der Waals surface area contributed by atoms with Crippen molar-refractivity contribution in [3.05, 3.63) is 29.3 Å². The van der Waals surface area contributed by atoms with Crippen LogP contribution in [-0.2, 0) is 15.7 Å². The maximum atomic E-state index is 13.2. The third-order valence-electron chi connectivity index (χ3n) is 5.15. The number of benzene rings is 1. The molecule has 4 rings (SSSR count). The SMILES string of the molecule is O=C(NC1CC1)c1cc(NC(=O)[C@@H]2C[C@@H]3CC[C@H]2O3)cc(C(F)(F)F)c1. The fraction of sp³-hybridized carbons (Fsp3) is 0.556. The van der Waals surface area contributed by atoms with Gasteiger partial charge in [0, 0.05) is 17.3 Å². The molecule has 3 atom stereocenters. The van der Waals surface area contributed by atoms with Gasteiger partial charge in [-0.3, -0.25) is 9.59 Å². The number of amides is 2. The first-order chi connectivity index (χ1) is 12.3. The van der Waals surface area contributed by atoms with Gasteiger partial charge >= 0.3 is 6.18 Å². The Kier molecular flexibility index (Phi) is 4.17. The van der Waals surface area contributed by atoms with E-state index in [1.165, 1.54) is 6.07 Å². The Morgan fingerprint density at radius 3 is 2.42 bits per heavy atom. The fourth-order valence-corrected chi connectivity index (χ4v) is 3.64. The number of anilines is 1. The van der Waals surface area contributed by atoms with Gasteiger partial charge in [0.25, 0.3) is 5.91 Å². The molecule has 26 heavy (non-hydrogen) atoms. The first-order valence-corrected chi connectivity index (χ1v) is 8.79. The second kappa shape index (κ2) is 6.26. The highest BCUT2D eigenvalue weighted by Crippen LogP contribution is 2.39. The lowest BCUT2D eigenvalue weighted by atomic mass is 9.88. The molecule has 3 fully saturated rings. The minimum absolute atomic E-state index is 0.0199. The zero-order valence-electron chi connectivity index (χ0n) is 13.9. The van der Waals surface area contributed by atoms with E-state index in [0.29, 0.717) is 6.42 Å². The lowest BCUT2D eigenvalue weighted by Crippen LogP contribution is -2.31. The van der Waals surface area contributed by atoms with Gasteiger partial charge in [0.05, 0.1) is 23.7 Å². The molecule has 1 saturated carbocycles. The van der Waals surface area contributed by atoms with Crippen molar-refractivity contribution in [1.29, 1.82) is 0 Å². The summed E-state index contributed by atoms with van der Waals surface area (Å²) in [4.78, 5) is 24.6. The highest BCUT2D eigenvalue weighted by atomic mass is 19.4. The van der Waals surface area contributed by atoms with Crippen LogP contribution in [0.1, 0.15) is 48.0 Å². The molecule has 2 aliphatic heterocycles. The second-order valence-electron chi connectivity index (χ2n) is 7.25. The molecule has 5 nitrogen and oxygen atoms in total. The normalized spacial score (nSPS) is 27.4. The van der Waals surface area contributed by atoms with E-state index in [9.17, 15) is 22.8 Å². The molecule has 1 aromatic carbocycles. The third kappa shape index (κ3) is 3.56. The van der Waals surface area contributed by atoms with Crippen LogP contribution in [0, 0.1) is 5.92 Å². The molecule has 140 valence electrons. The van der Waals surface area contributed by atoms with Gasteiger partial charge in [0.2, 0.25) is 5.91 Å². The Hall–Kier alpha value is -2.09. The Labute approximate surface area is 148 Å². The molecule has 3 aliphatic rings. The van der Waals surface area contributed by atoms with E-state index < -0.39 is 17.6 Å². The Morgan fingerprint density at radius 2 is 1.85 bits per heavy atom. The number of halogens is 3. The molecule has 0 radical (unpaired) electrons. The van der Waals surface area contributed by atoms with E-state index in [-0.39, 0.29) is 41.3 Å².